The first kappa shape index (κ1) is 12.3. The number of aromatic amines is 1. The maximum Gasteiger partial charge on any atom is 0.273 e. The maximum absolute atomic E-state index is 12.2. The Kier molecular flexibility index (Phi) is 2.27. The van der Waals surface area contributed by atoms with Crippen LogP contribution in [-0.4, -0.2) is 19.2 Å². The molecule has 0 fully saturated rings. The summed E-state index contributed by atoms with van der Waals surface area (Å²) in [6.07, 6.45) is 0. The van der Waals surface area contributed by atoms with Gasteiger partial charge >= 0.3 is 0 Å². The quantitative estimate of drug-likeness (QED) is 0.522. The lowest BCUT2D eigenvalue weighted by atomic mass is 10.1. The van der Waals surface area contributed by atoms with Crippen LogP contribution in [0.2, 0.25) is 0 Å². The lowest BCUT2D eigenvalue weighted by molar-refractivity contribution is 0.910. The summed E-state index contributed by atoms with van der Waals surface area (Å²) in [6, 6.07) is 10.4. The molecule has 0 aliphatic heterocycles. The van der Waals surface area contributed by atoms with E-state index in [0.29, 0.717) is 27.5 Å². The first-order valence-corrected chi connectivity index (χ1v) is 6.58. The zero-order valence-corrected chi connectivity index (χ0v) is 11.5. The number of nitrogens with zero attached hydrogens (tertiary/aromatic N) is 4. The zero-order chi connectivity index (χ0) is 15.4. The minimum absolute atomic E-state index is 0.269. The SMILES string of the molecule is Cc1cc(=O)n2nc3c4ccccc4c(=O)[nH]n3c2c1C#N. The van der Waals surface area contributed by atoms with E-state index in [1.165, 1.54) is 10.6 Å². The number of benzene rings is 1. The molecule has 0 radical (unpaired) electrons. The number of nitriles is 1. The first-order chi connectivity index (χ1) is 10.6. The summed E-state index contributed by atoms with van der Waals surface area (Å²) in [7, 11) is 0. The highest BCUT2D eigenvalue weighted by molar-refractivity contribution is 5.93. The van der Waals surface area contributed by atoms with Gasteiger partial charge in [-0.05, 0) is 18.6 Å². The van der Waals surface area contributed by atoms with E-state index in [9.17, 15) is 14.9 Å². The van der Waals surface area contributed by atoms with Crippen molar-refractivity contribution in [2.45, 2.75) is 6.92 Å². The van der Waals surface area contributed by atoms with Crippen LogP contribution in [0.5, 0.6) is 0 Å². The van der Waals surface area contributed by atoms with Gasteiger partial charge in [0.25, 0.3) is 11.1 Å². The van der Waals surface area contributed by atoms with Crippen LogP contribution in [0.25, 0.3) is 22.1 Å². The number of fused-ring (bicyclic) bond motifs is 5. The third kappa shape index (κ3) is 1.41. The fraction of sp³-hybridized carbons (Fsp3) is 0.0667. The Morgan fingerprint density at radius 3 is 2.68 bits per heavy atom. The standard InChI is InChI=1S/C15H9N5O2/c1-8-6-12(21)19-15(11(8)7-16)20-13(17-19)9-4-2-3-5-10(9)14(22)18-20/h2-6H,1H3,(H,18,22). The van der Waals surface area contributed by atoms with Crippen LogP contribution in [0.1, 0.15) is 11.1 Å². The molecular weight excluding hydrogens is 282 g/mol. The molecule has 0 aliphatic carbocycles. The number of aromatic nitrogens is 4. The maximum atomic E-state index is 12.2. The molecule has 4 aromatic rings. The topological polar surface area (TPSA) is 95.4 Å². The Morgan fingerprint density at radius 2 is 1.95 bits per heavy atom. The van der Waals surface area contributed by atoms with E-state index in [4.69, 9.17) is 0 Å². The summed E-state index contributed by atoms with van der Waals surface area (Å²) in [6.45, 7) is 1.68. The summed E-state index contributed by atoms with van der Waals surface area (Å²) < 4.78 is 2.54. The molecule has 7 nitrogen and oxygen atoms in total. The number of hydrogen-bond donors (Lipinski definition) is 1. The second-order valence-electron chi connectivity index (χ2n) is 5.03. The van der Waals surface area contributed by atoms with Gasteiger partial charge in [-0.15, -0.1) is 5.10 Å². The molecule has 0 bridgehead atoms. The van der Waals surface area contributed by atoms with Crippen molar-refractivity contribution in [3.63, 3.8) is 0 Å². The van der Waals surface area contributed by atoms with E-state index in [1.807, 2.05) is 0 Å². The van der Waals surface area contributed by atoms with Gasteiger partial charge in [0.15, 0.2) is 11.3 Å². The van der Waals surface area contributed by atoms with E-state index in [-0.39, 0.29) is 16.8 Å². The van der Waals surface area contributed by atoms with Crippen molar-refractivity contribution >= 4 is 22.1 Å². The molecule has 1 N–H and O–H groups in total. The zero-order valence-electron chi connectivity index (χ0n) is 11.5. The van der Waals surface area contributed by atoms with Gasteiger partial charge < -0.3 is 0 Å². The molecular formula is C15H9N5O2. The third-order valence-corrected chi connectivity index (χ3v) is 3.72. The Labute approximate surface area is 122 Å². The van der Waals surface area contributed by atoms with E-state index >= 15 is 0 Å². The Hall–Kier alpha value is -3.40. The number of hydrogen-bond acceptors (Lipinski definition) is 4. The molecule has 0 aliphatic rings. The number of H-pyrrole nitrogens is 1. The van der Waals surface area contributed by atoms with Gasteiger partial charge in [0, 0.05) is 11.5 Å². The number of aryl methyl sites for hydroxylation is 1. The smallest absolute Gasteiger partial charge is 0.267 e. The molecule has 3 heterocycles. The second-order valence-corrected chi connectivity index (χ2v) is 5.03. The Morgan fingerprint density at radius 1 is 1.23 bits per heavy atom. The van der Waals surface area contributed by atoms with Crippen LogP contribution >= 0.6 is 0 Å². The molecule has 0 amide bonds. The third-order valence-electron chi connectivity index (χ3n) is 3.72. The molecule has 22 heavy (non-hydrogen) atoms. The summed E-state index contributed by atoms with van der Waals surface area (Å²) in [5.41, 5.74) is 0.891. The number of rotatable bonds is 0. The molecule has 0 atom stereocenters. The molecule has 7 heteroatoms. The Balaban J connectivity index is 2.44. The normalized spacial score (nSPS) is 11.3. The molecule has 0 unspecified atom stereocenters. The highest BCUT2D eigenvalue weighted by atomic mass is 16.1. The molecule has 106 valence electrons. The second kappa shape index (κ2) is 4.05. The van der Waals surface area contributed by atoms with Gasteiger partial charge in [0.05, 0.1) is 10.9 Å². The highest BCUT2D eigenvalue weighted by Crippen LogP contribution is 2.18. The fourth-order valence-electron chi connectivity index (χ4n) is 2.70. The average Bonchev–Trinajstić information content (AvgIpc) is 2.88. The molecule has 0 saturated carbocycles. The van der Waals surface area contributed by atoms with Gasteiger partial charge in [0.2, 0.25) is 0 Å². The van der Waals surface area contributed by atoms with Crippen LogP contribution in [0.15, 0.2) is 39.9 Å². The van der Waals surface area contributed by atoms with E-state index in [1.54, 1.807) is 31.2 Å². The van der Waals surface area contributed by atoms with E-state index < -0.39 is 0 Å². The van der Waals surface area contributed by atoms with Crippen LogP contribution in [-0.2, 0) is 0 Å². The van der Waals surface area contributed by atoms with Crippen molar-refractivity contribution in [3.05, 3.63) is 62.2 Å². The molecule has 3 aromatic heterocycles. The predicted molar refractivity (Wildman–Crippen MR) is 80.0 cm³/mol. The van der Waals surface area contributed by atoms with Gasteiger partial charge in [-0.1, -0.05) is 18.2 Å². The fourth-order valence-corrected chi connectivity index (χ4v) is 2.70. The van der Waals surface area contributed by atoms with Gasteiger partial charge in [-0.3, -0.25) is 14.7 Å². The van der Waals surface area contributed by atoms with Crippen molar-refractivity contribution in [1.29, 1.82) is 5.26 Å². The molecule has 4 rings (SSSR count). The lowest BCUT2D eigenvalue weighted by Crippen LogP contribution is -2.16. The Bertz CT molecular complexity index is 1240. The van der Waals surface area contributed by atoms with Crippen LogP contribution < -0.4 is 11.1 Å². The highest BCUT2D eigenvalue weighted by Gasteiger charge is 2.16. The first-order valence-electron chi connectivity index (χ1n) is 6.58. The van der Waals surface area contributed by atoms with E-state index in [2.05, 4.69) is 16.3 Å². The van der Waals surface area contributed by atoms with Crippen LogP contribution in [0.3, 0.4) is 0 Å². The molecule has 1 aromatic carbocycles. The largest absolute Gasteiger partial charge is 0.273 e. The lowest BCUT2D eigenvalue weighted by Gasteiger charge is -2.01. The average molecular weight is 291 g/mol. The summed E-state index contributed by atoms with van der Waals surface area (Å²) in [5.74, 6) is 0. The van der Waals surface area contributed by atoms with Crippen molar-refractivity contribution in [1.82, 2.24) is 19.2 Å². The van der Waals surface area contributed by atoms with Crippen LogP contribution in [0, 0.1) is 18.3 Å². The summed E-state index contributed by atoms with van der Waals surface area (Å²) in [5, 5.41) is 17.4. The number of pyridine rings is 1. The summed E-state index contributed by atoms with van der Waals surface area (Å²) >= 11 is 0. The van der Waals surface area contributed by atoms with Crippen molar-refractivity contribution < 1.29 is 0 Å². The van der Waals surface area contributed by atoms with Gasteiger partial charge in [-0.25, -0.2) is 4.52 Å². The minimum atomic E-state index is -0.347. The minimum Gasteiger partial charge on any atom is -0.267 e. The van der Waals surface area contributed by atoms with Crippen molar-refractivity contribution in [3.8, 4) is 6.07 Å². The molecule has 0 spiro atoms. The van der Waals surface area contributed by atoms with E-state index in [0.717, 1.165) is 4.52 Å². The predicted octanol–water partition coefficient (Wildman–Crippen LogP) is 0.969. The monoisotopic (exact) mass is 291 g/mol. The van der Waals surface area contributed by atoms with Crippen LogP contribution in [0.4, 0.5) is 0 Å². The van der Waals surface area contributed by atoms with Gasteiger partial charge in [-0.2, -0.15) is 9.78 Å². The van der Waals surface area contributed by atoms with Crippen molar-refractivity contribution in [2.75, 3.05) is 0 Å². The van der Waals surface area contributed by atoms with Crippen molar-refractivity contribution in [2.24, 2.45) is 0 Å². The summed E-state index contributed by atoms with van der Waals surface area (Å²) in [4.78, 5) is 24.4. The number of nitrogens with one attached hydrogen (secondary N) is 1. The van der Waals surface area contributed by atoms with Gasteiger partial charge in [0.1, 0.15) is 6.07 Å². The molecule has 0 saturated heterocycles.